The maximum atomic E-state index is 14.4. The van der Waals surface area contributed by atoms with Crippen molar-refractivity contribution in [2.24, 2.45) is 15.4 Å². The number of amides is 3. The lowest BCUT2D eigenvalue weighted by Gasteiger charge is -2.25. The highest BCUT2D eigenvalue weighted by molar-refractivity contribution is 6.25. The van der Waals surface area contributed by atoms with Crippen molar-refractivity contribution in [3.63, 3.8) is 0 Å². The summed E-state index contributed by atoms with van der Waals surface area (Å²) in [5.41, 5.74) is 0.798. The number of hydrazone groups is 1. The lowest BCUT2D eigenvalue weighted by Crippen LogP contribution is -2.45. The number of carbonyl (C=O) groups is 3. The SMILES string of the molecule is O=C1C2N=NN(CC(=O)N3N=C(c4ccccc4)CC3c3ccccc3)C2C(=O)N1c1c(F)c(F)cc(F)c1F. The van der Waals surface area contributed by atoms with E-state index in [4.69, 9.17) is 0 Å². The number of carbonyl (C=O) groups excluding carboxylic acids is 3. The molecular formula is C27H18F4N6O3. The molecule has 3 atom stereocenters. The van der Waals surface area contributed by atoms with Crippen LogP contribution in [0.25, 0.3) is 0 Å². The fourth-order valence-electron chi connectivity index (χ4n) is 5.02. The molecule has 202 valence electrons. The van der Waals surface area contributed by atoms with Crippen LogP contribution in [0.2, 0.25) is 0 Å². The van der Waals surface area contributed by atoms with Crippen LogP contribution >= 0.6 is 0 Å². The standard InChI is InChI=1S/C27H18F4N6O3/c28-16-11-17(29)22(31)24(21(16)30)36-26(39)23-25(27(36)40)35(34-32-23)13-20(38)37-19(15-9-5-2-6-10-15)12-18(33-37)14-7-3-1-4-8-14/h1-11,19,23,25H,12-13H2. The van der Waals surface area contributed by atoms with E-state index in [1.807, 2.05) is 60.7 Å². The molecule has 0 saturated carbocycles. The van der Waals surface area contributed by atoms with Gasteiger partial charge in [0.25, 0.3) is 17.7 Å². The van der Waals surface area contributed by atoms with Crippen LogP contribution in [0.3, 0.4) is 0 Å². The molecule has 3 aliphatic heterocycles. The second-order valence-electron chi connectivity index (χ2n) is 9.30. The Hall–Kier alpha value is -4.94. The van der Waals surface area contributed by atoms with Gasteiger partial charge >= 0.3 is 0 Å². The highest BCUT2D eigenvalue weighted by Crippen LogP contribution is 2.37. The number of nitrogens with zero attached hydrogens (tertiary/aromatic N) is 6. The molecule has 0 spiro atoms. The summed E-state index contributed by atoms with van der Waals surface area (Å²) < 4.78 is 56.5. The molecule has 1 saturated heterocycles. The lowest BCUT2D eigenvalue weighted by molar-refractivity contribution is -0.135. The summed E-state index contributed by atoms with van der Waals surface area (Å²) in [5.74, 6) is -10.4. The third-order valence-corrected chi connectivity index (χ3v) is 6.92. The summed E-state index contributed by atoms with van der Waals surface area (Å²) in [4.78, 5) is 39.6. The number of hydrogen-bond donors (Lipinski definition) is 0. The predicted molar refractivity (Wildman–Crippen MR) is 132 cm³/mol. The van der Waals surface area contributed by atoms with Gasteiger partial charge in [0.05, 0.1) is 11.8 Å². The maximum absolute atomic E-state index is 14.4. The molecule has 0 aliphatic carbocycles. The first-order valence-electron chi connectivity index (χ1n) is 12.1. The average molecular weight is 550 g/mol. The van der Waals surface area contributed by atoms with Crippen LogP contribution in [0.5, 0.6) is 0 Å². The largest absolute Gasteiger partial charge is 0.271 e. The molecule has 3 unspecified atom stereocenters. The Morgan fingerprint density at radius 2 is 1.50 bits per heavy atom. The fourth-order valence-corrected chi connectivity index (χ4v) is 5.02. The molecule has 13 heteroatoms. The molecule has 3 aromatic rings. The van der Waals surface area contributed by atoms with Gasteiger partial charge in [-0.2, -0.15) is 10.2 Å². The highest BCUT2D eigenvalue weighted by Gasteiger charge is 2.57. The summed E-state index contributed by atoms with van der Waals surface area (Å²) in [6.07, 6.45) is 0.405. The lowest BCUT2D eigenvalue weighted by atomic mass is 9.98. The van der Waals surface area contributed by atoms with Crippen molar-refractivity contribution in [3.05, 3.63) is 101 Å². The number of rotatable bonds is 5. The number of imide groups is 1. The number of benzene rings is 3. The van der Waals surface area contributed by atoms with Crippen molar-refractivity contribution < 1.29 is 31.9 Å². The topological polar surface area (TPSA) is 98.0 Å². The van der Waals surface area contributed by atoms with Gasteiger partial charge in [-0.3, -0.25) is 19.4 Å². The molecule has 1 fully saturated rings. The first kappa shape index (κ1) is 25.3. The van der Waals surface area contributed by atoms with E-state index in [1.165, 1.54) is 5.01 Å². The van der Waals surface area contributed by atoms with Crippen LogP contribution in [0.4, 0.5) is 23.2 Å². The Kier molecular flexibility index (Phi) is 6.12. The zero-order valence-electron chi connectivity index (χ0n) is 20.4. The van der Waals surface area contributed by atoms with Gasteiger partial charge in [-0.05, 0) is 11.1 Å². The first-order chi connectivity index (χ1) is 19.3. The van der Waals surface area contributed by atoms with E-state index >= 15 is 0 Å². The van der Waals surface area contributed by atoms with Gasteiger partial charge in [0.2, 0.25) is 0 Å². The third kappa shape index (κ3) is 4.01. The van der Waals surface area contributed by atoms with Crippen molar-refractivity contribution in [1.82, 2.24) is 10.0 Å². The van der Waals surface area contributed by atoms with Crippen LogP contribution in [0.1, 0.15) is 23.6 Å². The van der Waals surface area contributed by atoms with E-state index in [2.05, 4.69) is 15.4 Å². The summed E-state index contributed by atoms with van der Waals surface area (Å²) >= 11 is 0. The van der Waals surface area contributed by atoms with Crippen LogP contribution in [-0.4, -0.2) is 52.1 Å². The van der Waals surface area contributed by atoms with E-state index in [0.29, 0.717) is 12.1 Å². The van der Waals surface area contributed by atoms with E-state index in [0.717, 1.165) is 16.1 Å². The summed E-state index contributed by atoms with van der Waals surface area (Å²) in [6.45, 7) is -0.561. The minimum atomic E-state index is -1.91. The highest BCUT2D eigenvalue weighted by atomic mass is 19.2. The van der Waals surface area contributed by atoms with Gasteiger partial charge in [0.15, 0.2) is 35.4 Å². The third-order valence-electron chi connectivity index (χ3n) is 6.92. The van der Waals surface area contributed by atoms with Gasteiger partial charge < -0.3 is 0 Å². The molecule has 40 heavy (non-hydrogen) atoms. The van der Waals surface area contributed by atoms with Crippen LogP contribution < -0.4 is 4.90 Å². The van der Waals surface area contributed by atoms with Crippen molar-refractivity contribution in [2.75, 3.05) is 11.4 Å². The number of hydrogen-bond acceptors (Lipinski definition) is 7. The summed E-state index contributed by atoms with van der Waals surface area (Å²) in [5, 5.41) is 14.2. The van der Waals surface area contributed by atoms with E-state index < -0.39 is 71.3 Å². The van der Waals surface area contributed by atoms with Gasteiger partial charge in [0.1, 0.15) is 12.2 Å². The zero-order chi connectivity index (χ0) is 28.1. The second kappa shape index (κ2) is 9.67. The molecular weight excluding hydrogens is 532 g/mol. The maximum Gasteiger partial charge on any atom is 0.264 e. The molecule has 6 rings (SSSR count). The predicted octanol–water partition coefficient (Wildman–Crippen LogP) is 3.91. The molecule has 3 heterocycles. The zero-order valence-corrected chi connectivity index (χ0v) is 20.4. The van der Waals surface area contributed by atoms with Crippen LogP contribution in [0.15, 0.2) is 82.2 Å². The first-order valence-corrected chi connectivity index (χ1v) is 12.1. The molecule has 0 bridgehead atoms. The Morgan fingerprint density at radius 3 is 2.15 bits per heavy atom. The molecule has 9 nitrogen and oxygen atoms in total. The minimum absolute atomic E-state index is 0.0100. The fraction of sp³-hybridized carbons (Fsp3) is 0.185. The van der Waals surface area contributed by atoms with E-state index in [-0.39, 0.29) is 11.0 Å². The molecule has 0 radical (unpaired) electrons. The smallest absolute Gasteiger partial charge is 0.264 e. The van der Waals surface area contributed by atoms with Crippen molar-refractivity contribution in [2.45, 2.75) is 24.5 Å². The number of fused-ring (bicyclic) bond motifs is 1. The van der Waals surface area contributed by atoms with Gasteiger partial charge in [-0.1, -0.05) is 65.9 Å². The van der Waals surface area contributed by atoms with Crippen LogP contribution in [-0.2, 0) is 14.4 Å². The van der Waals surface area contributed by atoms with E-state index in [9.17, 15) is 31.9 Å². The molecule has 3 aliphatic rings. The summed E-state index contributed by atoms with van der Waals surface area (Å²) in [6, 6.07) is 14.8. The Balaban J connectivity index is 1.28. The molecule has 3 aromatic carbocycles. The monoisotopic (exact) mass is 550 g/mol. The average Bonchev–Trinajstić information content (AvgIpc) is 3.65. The Bertz CT molecular complexity index is 1570. The van der Waals surface area contributed by atoms with Gasteiger partial charge in [0, 0.05) is 12.5 Å². The Morgan fingerprint density at radius 1 is 0.875 bits per heavy atom. The van der Waals surface area contributed by atoms with Gasteiger partial charge in [-0.15, -0.1) is 0 Å². The Labute approximate surface area is 224 Å². The minimum Gasteiger partial charge on any atom is -0.271 e. The van der Waals surface area contributed by atoms with Crippen molar-refractivity contribution >= 4 is 29.1 Å². The van der Waals surface area contributed by atoms with E-state index in [1.54, 1.807) is 0 Å². The quantitative estimate of drug-likeness (QED) is 0.273. The van der Waals surface area contributed by atoms with Crippen LogP contribution in [0, 0.1) is 23.3 Å². The molecule has 0 aromatic heterocycles. The second-order valence-corrected chi connectivity index (χ2v) is 9.30. The molecule has 0 N–H and O–H groups in total. The summed E-state index contributed by atoms with van der Waals surface area (Å²) in [7, 11) is 0. The number of halogens is 4. The number of anilines is 1. The molecule has 3 amide bonds. The normalized spacial score (nSPS) is 21.9. The van der Waals surface area contributed by atoms with Crippen molar-refractivity contribution in [3.8, 4) is 0 Å². The van der Waals surface area contributed by atoms with Gasteiger partial charge in [-0.25, -0.2) is 27.5 Å². The van der Waals surface area contributed by atoms with Crippen molar-refractivity contribution in [1.29, 1.82) is 0 Å².